The number of piperidine rings is 1. The maximum atomic E-state index is 12.7. The van der Waals surface area contributed by atoms with Crippen LogP contribution in [0.5, 0.6) is 0 Å². The molecular weight excluding hydrogens is 368 g/mol. The van der Waals surface area contributed by atoms with Crippen LogP contribution in [0.4, 0.5) is 0 Å². The number of esters is 1. The highest BCUT2D eigenvalue weighted by molar-refractivity contribution is 7.89. The SMILES string of the molecule is COC(=O)c1ccc(S(=O)(=O)NCC(c2ccco2)N2CCCCC2)cc1. The summed E-state index contributed by atoms with van der Waals surface area (Å²) >= 11 is 0. The van der Waals surface area contributed by atoms with Crippen LogP contribution in [0, 0.1) is 0 Å². The van der Waals surface area contributed by atoms with Gasteiger partial charge in [0.05, 0.1) is 29.9 Å². The van der Waals surface area contributed by atoms with Gasteiger partial charge in [0, 0.05) is 6.54 Å². The first-order valence-electron chi connectivity index (χ1n) is 8.97. The van der Waals surface area contributed by atoms with Crippen LogP contribution in [0.2, 0.25) is 0 Å². The number of sulfonamides is 1. The molecule has 1 atom stereocenters. The Morgan fingerprint density at radius 1 is 1.19 bits per heavy atom. The van der Waals surface area contributed by atoms with E-state index in [9.17, 15) is 13.2 Å². The van der Waals surface area contributed by atoms with Gasteiger partial charge in [0.15, 0.2) is 0 Å². The summed E-state index contributed by atoms with van der Waals surface area (Å²) in [5.41, 5.74) is 0.304. The van der Waals surface area contributed by atoms with Crippen LogP contribution >= 0.6 is 0 Å². The molecule has 1 aliphatic rings. The number of methoxy groups -OCH3 is 1. The number of hydrogen-bond acceptors (Lipinski definition) is 6. The van der Waals surface area contributed by atoms with Gasteiger partial charge in [-0.25, -0.2) is 17.9 Å². The van der Waals surface area contributed by atoms with Crippen molar-refractivity contribution in [3.05, 3.63) is 54.0 Å². The molecule has 0 aliphatic carbocycles. The third-order valence-corrected chi connectivity index (χ3v) is 6.19. The largest absolute Gasteiger partial charge is 0.468 e. The Morgan fingerprint density at radius 2 is 1.89 bits per heavy atom. The van der Waals surface area contributed by atoms with Crippen LogP contribution in [-0.2, 0) is 14.8 Å². The van der Waals surface area contributed by atoms with Gasteiger partial charge in [-0.2, -0.15) is 0 Å². The minimum absolute atomic E-state index is 0.104. The molecule has 1 unspecified atom stereocenters. The highest BCUT2D eigenvalue weighted by Crippen LogP contribution is 2.25. The summed E-state index contributed by atoms with van der Waals surface area (Å²) in [4.78, 5) is 13.9. The van der Waals surface area contributed by atoms with Gasteiger partial charge < -0.3 is 9.15 Å². The molecule has 0 radical (unpaired) electrons. The number of carbonyl (C=O) groups is 1. The van der Waals surface area contributed by atoms with Gasteiger partial charge in [-0.15, -0.1) is 0 Å². The minimum Gasteiger partial charge on any atom is -0.468 e. The van der Waals surface area contributed by atoms with Gasteiger partial charge >= 0.3 is 5.97 Å². The summed E-state index contributed by atoms with van der Waals surface area (Å²) in [6.45, 7) is 2.05. The van der Waals surface area contributed by atoms with Gasteiger partial charge in [-0.05, 0) is 62.3 Å². The maximum Gasteiger partial charge on any atom is 0.337 e. The van der Waals surface area contributed by atoms with Crippen molar-refractivity contribution in [2.45, 2.75) is 30.2 Å². The van der Waals surface area contributed by atoms with Crippen LogP contribution < -0.4 is 4.72 Å². The fourth-order valence-corrected chi connectivity index (χ4v) is 4.32. The lowest BCUT2D eigenvalue weighted by Gasteiger charge is -2.33. The van der Waals surface area contributed by atoms with E-state index in [-0.39, 0.29) is 17.5 Å². The summed E-state index contributed by atoms with van der Waals surface area (Å²) < 4.78 is 38.2. The molecule has 8 heteroatoms. The number of nitrogens with one attached hydrogen (secondary N) is 1. The van der Waals surface area contributed by atoms with Crippen molar-refractivity contribution in [1.29, 1.82) is 0 Å². The van der Waals surface area contributed by atoms with E-state index in [4.69, 9.17) is 4.42 Å². The first-order chi connectivity index (χ1) is 13.0. The van der Waals surface area contributed by atoms with Crippen molar-refractivity contribution in [3.63, 3.8) is 0 Å². The van der Waals surface area contributed by atoms with Crippen LogP contribution in [0.15, 0.2) is 52.0 Å². The lowest BCUT2D eigenvalue weighted by atomic mass is 10.1. The second-order valence-corrected chi connectivity index (χ2v) is 8.26. The summed E-state index contributed by atoms with van der Waals surface area (Å²) in [6.07, 6.45) is 4.99. The van der Waals surface area contributed by atoms with Gasteiger partial charge in [-0.1, -0.05) is 6.42 Å². The molecule has 7 nitrogen and oxygen atoms in total. The molecule has 2 aromatic rings. The number of carbonyl (C=O) groups excluding carboxylic acids is 1. The highest BCUT2D eigenvalue weighted by atomic mass is 32.2. The predicted octanol–water partition coefficient (Wildman–Crippen LogP) is 2.57. The van der Waals surface area contributed by atoms with E-state index in [1.54, 1.807) is 6.26 Å². The average Bonchev–Trinajstić information content (AvgIpc) is 3.23. The van der Waals surface area contributed by atoms with E-state index in [1.165, 1.54) is 37.8 Å². The predicted molar refractivity (Wildman–Crippen MR) is 99.8 cm³/mol. The molecule has 1 aromatic heterocycles. The Bertz CT molecular complexity index is 841. The molecule has 0 amide bonds. The topological polar surface area (TPSA) is 88.8 Å². The molecular formula is C19H24N2O5S. The minimum atomic E-state index is -3.70. The maximum absolute atomic E-state index is 12.7. The highest BCUT2D eigenvalue weighted by Gasteiger charge is 2.26. The molecule has 2 heterocycles. The molecule has 1 fully saturated rings. The lowest BCUT2D eigenvalue weighted by molar-refractivity contribution is 0.0600. The standard InChI is InChI=1S/C19H24N2O5S/c1-25-19(22)15-7-9-16(10-8-15)27(23,24)20-14-17(18-6-5-13-26-18)21-11-3-2-4-12-21/h5-10,13,17,20H,2-4,11-12,14H2,1H3. The van der Waals surface area contributed by atoms with Crippen molar-refractivity contribution in [2.75, 3.05) is 26.7 Å². The molecule has 0 saturated carbocycles. The molecule has 0 spiro atoms. The van der Waals surface area contributed by atoms with E-state index in [0.717, 1.165) is 31.7 Å². The van der Waals surface area contributed by atoms with Crippen molar-refractivity contribution in [2.24, 2.45) is 0 Å². The average molecular weight is 392 g/mol. The lowest BCUT2D eigenvalue weighted by Crippen LogP contribution is -2.40. The number of furan rings is 1. The van der Waals surface area contributed by atoms with Crippen molar-refractivity contribution < 1.29 is 22.4 Å². The van der Waals surface area contributed by atoms with E-state index in [1.807, 2.05) is 12.1 Å². The summed E-state index contributed by atoms with van der Waals surface area (Å²) in [6, 6.07) is 9.22. The van der Waals surface area contributed by atoms with Crippen LogP contribution in [0.3, 0.4) is 0 Å². The quantitative estimate of drug-likeness (QED) is 0.729. The van der Waals surface area contributed by atoms with Crippen LogP contribution in [0.25, 0.3) is 0 Å². The number of likely N-dealkylation sites (tertiary alicyclic amines) is 1. The zero-order chi connectivity index (χ0) is 19.3. The fourth-order valence-electron chi connectivity index (χ4n) is 3.28. The Hall–Kier alpha value is -2.16. The smallest absolute Gasteiger partial charge is 0.337 e. The molecule has 146 valence electrons. The first-order valence-corrected chi connectivity index (χ1v) is 10.4. The van der Waals surface area contributed by atoms with Crippen molar-refractivity contribution >= 4 is 16.0 Å². The Labute approximate surface area is 159 Å². The molecule has 1 aliphatic heterocycles. The van der Waals surface area contributed by atoms with E-state index in [0.29, 0.717) is 5.56 Å². The van der Waals surface area contributed by atoms with Gasteiger partial charge in [0.2, 0.25) is 10.0 Å². The third-order valence-electron chi connectivity index (χ3n) is 4.76. The summed E-state index contributed by atoms with van der Waals surface area (Å²) in [7, 11) is -2.42. The Kier molecular flexibility index (Phi) is 6.30. The third kappa shape index (κ3) is 4.77. The number of hydrogen-bond donors (Lipinski definition) is 1. The van der Waals surface area contributed by atoms with Crippen molar-refractivity contribution in [1.82, 2.24) is 9.62 Å². The van der Waals surface area contributed by atoms with Crippen molar-refractivity contribution in [3.8, 4) is 0 Å². The van der Waals surface area contributed by atoms with Crippen LogP contribution in [-0.4, -0.2) is 46.0 Å². The van der Waals surface area contributed by atoms with E-state index in [2.05, 4.69) is 14.4 Å². The molecule has 27 heavy (non-hydrogen) atoms. The second kappa shape index (κ2) is 8.69. The molecule has 1 saturated heterocycles. The number of benzene rings is 1. The second-order valence-electron chi connectivity index (χ2n) is 6.50. The first kappa shape index (κ1) is 19.6. The Balaban J connectivity index is 1.72. The Morgan fingerprint density at radius 3 is 2.48 bits per heavy atom. The summed E-state index contributed by atoms with van der Waals surface area (Å²) in [5.74, 6) is 0.246. The van der Waals surface area contributed by atoms with E-state index >= 15 is 0 Å². The number of nitrogens with zero attached hydrogens (tertiary/aromatic N) is 1. The van der Waals surface area contributed by atoms with E-state index < -0.39 is 16.0 Å². The zero-order valence-corrected chi connectivity index (χ0v) is 16.1. The molecule has 3 rings (SSSR count). The monoisotopic (exact) mass is 392 g/mol. The van der Waals surface area contributed by atoms with Gasteiger partial charge in [-0.3, -0.25) is 4.90 Å². The zero-order valence-electron chi connectivity index (χ0n) is 15.3. The number of rotatable bonds is 7. The molecule has 1 aromatic carbocycles. The normalized spacial score (nSPS) is 16.8. The fraction of sp³-hybridized carbons (Fsp3) is 0.421. The van der Waals surface area contributed by atoms with Crippen LogP contribution in [0.1, 0.15) is 41.4 Å². The molecule has 1 N–H and O–H groups in total. The molecule has 0 bridgehead atoms. The number of ether oxygens (including phenoxy) is 1. The van der Waals surface area contributed by atoms with Gasteiger partial charge in [0.1, 0.15) is 5.76 Å². The van der Waals surface area contributed by atoms with Gasteiger partial charge in [0.25, 0.3) is 0 Å². The summed E-state index contributed by atoms with van der Waals surface area (Å²) in [5, 5.41) is 0.